The van der Waals surface area contributed by atoms with Gasteiger partial charge in [-0.2, -0.15) is 0 Å². The molecular formula is C13H13BrN2O. The molecule has 1 heterocycles. The van der Waals surface area contributed by atoms with Gasteiger partial charge in [0.05, 0.1) is 0 Å². The summed E-state index contributed by atoms with van der Waals surface area (Å²) in [6.45, 7) is 4.01. The van der Waals surface area contributed by atoms with E-state index < -0.39 is 0 Å². The molecule has 0 atom stereocenters. The quantitative estimate of drug-likeness (QED) is 0.872. The highest BCUT2D eigenvalue weighted by atomic mass is 79.9. The molecule has 2 aromatic rings. The summed E-state index contributed by atoms with van der Waals surface area (Å²) in [6.07, 6.45) is 1.73. The van der Waals surface area contributed by atoms with E-state index in [1.54, 1.807) is 12.3 Å². The van der Waals surface area contributed by atoms with E-state index in [0.717, 1.165) is 15.7 Å². The predicted molar refractivity (Wildman–Crippen MR) is 72.4 cm³/mol. The van der Waals surface area contributed by atoms with Gasteiger partial charge in [-0.15, -0.1) is 0 Å². The highest BCUT2D eigenvalue weighted by Crippen LogP contribution is 2.18. The van der Waals surface area contributed by atoms with Gasteiger partial charge in [0.15, 0.2) is 0 Å². The number of hydrogen-bond acceptors (Lipinski definition) is 1. The Kier molecular flexibility index (Phi) is 3.33. The average Bonchev–Trinajstić information content (AvgIpc) is 2.69. The minimum Gasteiger partial charge on any atom is -0.356 e. The van der Waals surface area contributed by atoms with Gasteiger partial charge >= 0.3 is 0 Å². The van der Waals surface area contributed by atoms with Crippen molar-refractivity contribution in [2.45, 2.75) is 13.8 Å². The van der Waals surface area contributed by atoms with Crippen LogP contribution in [0.1, 0.15) is 21.6 Å². The Hall–Kier alpha value is -1.55. The molecule has 88 valence electrons. The number of anilines is 1. The van der Waals surface area contributed by atoms with Crippen LogP contribution in [0.2, 0.25) is 0 Å². The molecule has 3 nitrogen and oxygen atoms in total. The molecule has 1 aromatic heterocycles. The second kappa shape index (κ2) is 4.75. The van der Waals surface area contributed by atoms with Gasteiger partial charge in [0, 0.05) is 16.4 Å². The van der Waals surface area contributed by atoms with Crippen LogP contribution in [0.5, 0.6) is 0 Å². The third kappa shape index (κ3) is 2.77. The minimum atomic E-state index is -0.136. The van der Waals surface area contributed by atoms with Crippen LogP contribution in [-0.4, -0.2) is 10.9 Å². The average molecular weight is 293 g/mol. The summed E-state index contributed by atoms with van der Waals surface area (Å²) in [5.41, 5.74) is 3.62. The van der Waals surface area contributed by atoms with Gasteiger partial charge in [0.25, 0.3) is 5.91 Å². The van der Waals surface area contributed by atoms with Crippen molar-refractivity contribution >= 4 is 27.5 Å². The van der Waals surface area contributed by atoms with Gasteiger partial charge in [-0.1, -0.05) is 17.7 Å². The van der Waals surface area contributed by atoms with Crippen molar-refractivity contribution in [2.24, 2.45) is 0 Å². The van der Waals surface area contributed by atoms with E-state index >= 15 is 0 Å². The smallest absolute Gasteiger partial charge is 0.272 e. The fourth-order valence-corrected chi connectivity index (χ4v) is 1.99. The maximum absolute atomic E-state index is 11.9. The Bertz CT molecular complexity index is 560. The molecule has 0 saturated heterocycles. The molecule has 1 amide bonds. The first kappa shape index (κ1) is 11.9. The van der Waals surface area contributed by atoms with Crippen molar-refractivity contribution in [2.75, 3.05) is 5.32 Å². The molecule has 1 aromatic carbocycles. The largest absolute Gasteiger partial charge is 0.356 e. The Morgan fingerprint density at radius 1 is 1.29 bits per heavy atom. The molecule has 0 aliphatic carbocycles. The molecule has 17 heavy (non-hydrogen) atoms. The molecule has 0 bridgehead atoms. The van der Waals surface area contributed by atoms with Gasteiger partial charge in [0.2, 0.25) is 0 Å². The van der Waals surface area contributed by atoms with E-state index in [1.807, 2.05) is 32.0 Å². The Labute approximate surface area is 108 Å². The number of halogens is 1. The molecule has 0 fully saturated rings. The minimum absolute atomic E-state index is 0.136. The molecule has 2 rings (SSSR count). The fourth-order valence-electron chi connectivity index (χ4n) is 1.64. The molecule has 0 aliphatic heterocycles. The Morgan fingerprint density at radius 3 is 2.65 bits per heavy atom. The number of benzene rings is 1. The van der Waals surface area contributed by atoms with Crippen LogP contribution in [0.25, 0.3) is 0 Å². The maximum Gasteiger partial charge on any atom is 0.272 e. The number of nitrogens with one attached hydrogen (secondary N) is 2. The monoisotopic (exact) mass is 292 g/mol. The number of carbonyl (C=O) groups is 1. The van der Waals surface area contributed by atoms with Crippen molar-refractivity contribution in [1.29, 1.82) is 0 Å². The van der Waals surface area contributed by atoms with Crippen molar-refractivity contribution in [3.05, 3.63) is 51.8 Å². The lowest BCUT2D eigenvalue weighted by Gasteiger charge is -2.08. The van der Waals surface area contributed by atoms with E-state index in [-0.39, 0.29) is 5.91 Å². The molecule has 0 unspecified atom stereocenters. The van der Waals surface area contributed by atoms with Crippen LogP contribution in [-0.2, 0) is 0 Å². The normalized spacial score (nSPS) is 10.3. The third-order valence-corrected chi connectivity index (χ3v) is 2.98. The molecular weight excluding hydrogens is 280 g/mol. The van der Waals surface area contributed by atoms with Crippen LogP contribution in [0.15, 0.2) is 34.9 Å². The lowest BCUT2D eigenvalue weighted by Crippen LogP contribution is -2.13. The zero-order valence-electron chi connectivity index (χ0n) is 9.67. The first-order chi connectivity index (χ1) is 8.06. The highest BCUT2D eigenvalue weighted by Gasteiger charge is 2.09. The van der Waals surface area contributed by atoms with Gasteiger partial charge in [-0.05, 0) is 47.5 Å². The molecule has 2 N–H and O–H groups in total. The van der Waals surface area contributed by atoms with Gasteiger partial charge < -0.3 is 10.3 Å². The molecule has 0 aliphatic rings. The van der Waals surface area contributed by atoms with Gasteiger partial charge in [0.1, 0.15) is 5.69 Å². The van der Waals surface area contributed by atoms with Crippen LogP contribution in [0.3, 0.4) is 0 Å². The summed E-state index contributed by atoms with van der Waals surface area (Å²) in [5.74, 6) is -0.136. The number of amides is 1. The number of rotatable bonds is 2. The summed E-state index contributed by atoms with van der Waals surface area (Å²) in [5, 5.41) is 2.88. The second-order valence-corrected chi connectivity index (χ2v) is 4.92. The Balaban J connectivity index is 2.18. The second-order valence-electron chi connectivity index (χ2n) is 4.00. The topological polar surface area (TPSA) is 44.9 Å². The van der Waals surface area contributed by atoms with E-state index in [9.17, 15) is 4.79 Å². The summed E-state index contributed by atoms with van der Waals surface area (Å²) < 4.78 is 0.864. The van der Waals surface area contributed by atoms with Crippen LogP contribution in [0.4, 0.5) is 5.69 Å². The maximum atomic E-state index is 11.9. The van der Waals surface area contributed by atoms with Crippen LogP contribution >= 0.6 is 15.9 Å². The zero-order chi connectivity index (χ0) is 12.4. The van der Waals surface area contributed by atoms with Crippen molar-refractivity contribution in [3.8, 4) is 0 Å². The predicted octanol–water partition coefficient (Wildman–Crippen LogP) is 3.65. The van der Waals surface area contributed by atoms with Crippen molar-refractivity contribution in [3.63, 3.8) is 0 Å². The zero-order valence-corrected chi connectivity index (χ0v) is 11.3. The van der Waals surface area contributed by atoms with E-state index in [0.29, 0.717) is 5.69 Å². The number of hydrogen-bond donors (Lipinski definition) is 2. The molecule has 0 spiro atoms. The van der Waals surface area contributed by atoms with Gasteiger partial charge in [-0.3, -0.25) is 4.79 Å². The van der Waals surface area contributed by atoms with E-state index in [4.69, 9.17) is 0 Å². The molecule has 0 radical (unpaired) electrons. The number of aryl methyl sites for hydroxylation is 2. The summed E-state index contributed by atoms with van der Waals surface area (Å²) >= 11 is 3.30. The van der Waals surface area contributed by atoms with Crippen molar-refractivity contribution in [1.82, 2.24) is 4.98 Å². The summed E-state index contributed by atoms with van der Waals surface area (Å²) in [6, 6.07) is 7.69. The number of carbonyl (C=O) groups excluding carboxylic acids is 1. The van der Waals surface area contributed by atoms with Crippen LogP contribution in [0, 0.1) is 13.8 Å². The number of aromatic nitrogens is 1. The summed E-state index contributed by atoms with van der Waals surface area (Å²) in [4.78, 5) is 14.8. The third-order valence-electron chi connectivity index (χ3n) is 2.52. The molecule has 0 saturated carbocycles. The first-order valence-electron chi connectivity index (χ1n) is 5.29. The lowest BCUT2D eigenvalue weighted by molar-refractivity contribution is 0.102. The van der Waals surface area contributed by atoms with Crippen molar-refractivity contribution < 1.29 is 4.79 Å². The lowest BCUT2D eigenvalue weighted by atomic mass is 10.1. The first-order valence-corrected chi connectivity index (χ1v) is 6.08. The summed E-state index contributed by atoms with van der Waals surface area (Å²) in [7, 11) is 0. The number of H-pyrrole nitrogens is 1. The SMILES string of the molecule is Cc1ccc(NC(=O)c2cc(Br)c[nH]2)c(C)c1. The standard InChI is InChI=1S/C13H13BrN2O/c1-8-3-4-11(9(2)5-8)16-13(17)12-6-10(14)7-15-12/h3-7,15H,1-2H3,(H,16,17). The molecule has 4 heteroatoms. The Morgan fingerprint density at radius 2 is 2.06 bits per heavy atom. The van der Waals surface area contributed by atoms with E-state index in [1.165, 1.54) is 5.56 Å². The van der Waals surface area contributed by atoms with Crippen LogP contribution < -0.4 is 5.32 Å². The number of aromatic amines is 1. The fraction of sp³-hybridized carbons (Fsp3) is 0.154. The van der Waals surface area contributed by atoms with E-state index in [2.05, 4.69) is 26.2 Å². The van der Waals surface area contributed by atoms with Gasteiger partial charge in [-0.25, -0.2) is 0 Å². The highest BCUT2D eigenvalue weighted by molar-refractivity contribution is 9.10.